The third-order valence-corrected chi connectivity index (χ3v) is 8.09. The molecule has 0 bridgehead atoms. The summed E-state index contributed by atoms with van der Waals surface area (Å²) in [5, 5.41) is 22.2. The summed E-state index contributed by atoms with van der Waals surface area (Å²) < 4.78 is 12.1. The largest absolute Gasteiger partial charge is 0.508 e. The molecule has 0 saturated carbocycles. The van der Waals surface area contributed by atoms with Crippen molar-refractivity contribution in [1.82, 2.24) is 4.98 Å². The Bertz CT molecular complexity index is 1810. The van der Waals surface area contributed by atoms with Gasteiger partial charge in [-0.15, -0.1) is 0 Å². The number of hydrogen-bond donors (Lipinski definition) is 2. The van der Waals surface area contributed by atoms with Crippen LogP contribution in [0.25, 0.3) is 21.2 Å². The number of methoxy groups -OCH3 is 1. The number of ketones is 1. The first kappa shape index (κ1) is 25.0. The molecule has 0 saturated heterocycles. The number of carbonyl (C=O) groups is 2. The van der Waals surface area contributed by atoms with E-state index in [-0.39, 0.29) is 17.1 Å². The van der Waals surface area contributed by atoms with Crippen molar-refractivity contribution in [3.63, 3.8) is 0 Å². The lowest BCUT2D eigenvalue weighted by molar-refractivity contribution is -0.117. The average molecular weight is 561 g/mol. The number of anilines is 1. The summed E-state index contributed by atoms with van der Waals surface area (Å²) in [4.78, 5) is 33.4. The Labute approximate surface area is 231 Å². The number of aliphatic hydroxyl groups is 1. The standard InChI is InChI=1S/C29H21ClN2O6S/c1-13-8-19-22(9-14(13)2)39-29(31-19)32-24(15-4-6-18(33)7-5-15)23(26(35)28(32)36)25(34)20-11-16-10-17(30)12-21(37-3)27(16)38-20/h4-12,24,33,35H,1-3H3. The molecule has 2 aromatic heterocycles. The number of carbonyl (C=O) groups excluding carboxylic acids is 2. The first-order chi connectivity index (χ1) is 18.7. The second kappa shape index (κ2) is 9.14. The van der Waals surface area contributed by atoms with Crippen LogP contribution in [0.2, 0.25) is 5.02 Å². The van der Waals surface area contributed by atoms with Crippen molar-refractivity contribution < 1.29 is 29.0 Å². The highest BCUT2D eigenvalue weighted by atomic mass is 35.5. The van der Waals surface area contributed by atoms with E-state index in [0.29, 0.717) is 38.0 Å². The van der Waals surface area contributed by atoms with Gasteiger partial charge in [-0.2, -0.15) is 0 Å². The number of phenolic OH excluding ortho intramolecular Hbond substituents is 1. The van der Waals surface area contributed by atoms with Gasteiger partial charge in [0, 0.05) is 16.5 Å². The molecule has 1 amide bonds. The van der Waals surface area contributed by atoms with Crippen LogP contribution < -0.4 is 9.64 Å². The van der Waals surface area contributed by atoms with Crippen molar-refractivity contribution in [3.05, 3.63) is 93.4 Å². The van der Waals surface area contributed by atoms with E-state index in [1.807, 2.05) is 26.0 Å². The number of rotatable bonds is 5. The number of furan rings is 1. The summed E-state index contributed by atoms with van der Waals surface area (Å²) in [7, 11) is 1.46. The molecule has 5 aromatic rings. The second-order valence-corrected chi connectivity index (χ2v) is 10.7. The fourth-order valence-corrected chi connectivity index (χ4v) is 6.05. The van der Waals surface area contributed by atoms with Gasteiger partial charge < -0.3 is 19.4 Å². The molecule has 39 heavy (non-hydrogen) atoms. The Balaban J connectivity index is 1.51. The number of benzene rings is 3. The van der Waals surface area contributed by atoms with Crippen LogP contribution in [-0.2, 0) is 4.79 Å². The van der Waals surface area contributed by atoms with Gasteiger partial charge in [-0.05, 0) is 66.9 Å². The van der Waals surface area contributed by atoms with Crippen molar-refractivity contribution in [1.29, 1.82) is 0 Å². The van der Waals surface area contributed by atoms with E-state index in [2.05, 4.69) is 4.98 Å². The Morgan fingerprint density at radius 1 is 1.08 bits per heavy atom. The number of aryl methyl sites for hydroxylation is 2. The third-order valence-electron chi connectivity index (χ3n) is 6.85. The Morgan fingerprint density at radius 3 is 2.51 bits per heavy atom. The van der Waals surface area contributed by atoms with Gasteiger partial charge in [0.1, 0.15) is 5.75 Å². The first-order valence-electron chi connectivity index (χ1n) is 11.9. The SMILES string of the molecule is COc1cc(Cl)cc2cc(C(=O)C3=C(O)C(=O)N(c4nc5cc(C)c(C)cc5s4)C3c3ccc(O)cc3)oc12. The summed E-state index contributed by atoms with van der Waals surface area (Å²) in [5.74, 6) is -1.88. The molecule has 0 aliphatic carbocycles. The number of ether oxygens (including phenoxy) is 1. The van der Waals surface area contributed by atoms with Crippen LogP contribution in [0, 0.1) is 13.8 Å². The molecule has 1 atom stereocenters. The minimum Gasteiger partial charge on any atom is -0.508 e. The molecule has 0 radical (unpaired) electrons. The zero-order chi connectivity index (χ0) is 27.6. The van der Waals surface area contributed by atoms with Crippen LogP contribution in [0.15, 0.2) is 70.3 Å². The van der Waals surface area contributed by atoms with Crippen molar-refractivity contribution in [2.75, 3.05) is 12.0 Å². The minimum absolute atomic E-state index is 0.0166. The number of phenols is 1. The molecule has 8 nitrogen and oxygen atoms in total. The van der Waals surface area contributed by atoms with E-state index in [0.717, 1.165) is 15.8 Å². The van der Waals surface area contributed by atoms with Gasteiger partial charge in [0.05, 0.1) is 28.9 Å². The average Bonchev–Trinajstić information content (AvgIpc) is 3.58. The molecule has 3 heterocycles. The van der Waals surface area contributed by atoms with E-state index < -0.39 is 23.5 Å². The topological polar surface area (TPSA) is 113 Å². The number of thiazole rings is 1. The van der Waals surface area contributed by atoms with Gasteiger partial charge in [0.2, 0.25) is 5.78 Å². The van der Waals surface area contributed by atoms with Crippen LogP contribution in [0.5, 0.6) is 11.5 Å². The summed E-state index contributed by atoms with van der Waals surface area (Å²) in [6.07, 6.45) is 0. The maximum atomic E-state index is 13.9. The van der Waals surface area contributed by atoms with Crippen LogP contribution in [0.1, 0.15) is 33.3 Å². The van der Waals surface area contributed by atoms with E-state index in [4.69, 9.17) is 20.8 Å². The molecule has 1 aliphatic heterocycles. The van der Waals surface area contributed by atoms with E-state index in [1.165, 1.54) is 41.5 Å². The molecule has 1 aliphatic rings. The maximum absolute atomic E-state index is 13.9. The number of Topliss-reactive ketones (excluding diaryl/α,β-unsaturated/α-hetero) is 1. The van der Waals surface area contributed by atoms with Crippen LogP contribution in [0.3, 0.4) is 0 Å². The van der Waals surface area contributed by atoms with Gasteiger partial charge in [-0.1, -0.05) is 35.1 Å². The van der Waals surface area contributed by atoms with E-state index in [1.54, 1.807) is 24.3 Å². The molecule has 6 rings (SSSR count). The highest BCUT2D eigenvalue weighted by Gasteiger charge is 2.46. The summed E-state index contributed by atoms with van der Waals surface area (Å²) >= 11 is 7.47. The highest BCUT2D eigenvalue weighted by molar-refractivity contribution is 7.22. The molecule has 0 spiro atoms. The van der Waals surface area contributed by atoms with E-state index in [9.17, 15) is 19.8 Å². The van der Waals surface area contributed by atoms with Gasteiger partial charge in [0.15, 0.2) is 28.0 Å². The number of aromatic nitrogens is 1. The monoisotopic (exact) mass is 560 g/mol. The minimum atomic E-state index is -1.02. The predicted molar refractivity (Wildman–Crippen MR) is 149 cm³/mol. The van der Waals surface area contributed by atoms with Gasteiger partial charge in [-0.3, -0.25) is 14.5 Å². The summed E-state index contributed by atoms with van der Waals surface area (Å²) in [5.41, 5.74) is 3.48. The first-order valence-corrected chi connectivity index (χ1v) is 13.1. The van der Waals surface area contributed by atoms with Crippen molar-refractivity contribution >= 4 is 60.9 Å². The van der Waals surface area contributed by atoms with Crippen molar-refractivity contribution in [3.8, 4) is 11.5 Å². The lowest BCUT2D eigenvalue weighted by Gasteiger charge is -2.24. The second-order valence-electron chi connectivity index (χ2n) is 9.30. The molecule has 0 fully saturated rings. The van der Waals surface area contributed by atoms with Crippen LogP contribution in [-0.4, -0.2) is 34.0 Å². The van der Waals surface area contributed by atoms with E-state index >= 15 is 0 Å². The summed E-state index contributed by atoms with van der Waals surface area (Å²) in [6, 6.07) is 13.7. The number of amides is 1. The Morgan fingerprint density at radius 2 is 1.79 bits per heavy atom. The number of aliphatic hydroxyl groups excluding tert-OH is 1. The van der Waals surface area contributed by atoms with Gasteiger partial charge in [0.25, 0.3) is 5.91 Å². The van der Waals surface area contributed by atoms with Crippen molar-refractivity contribution in [2.45, 2.75) is 19.9 Å². The van der Waals surface area contributed by atoms with Crippen LogP contribution in [0.4, 0.5) is 5.13 Å². The molecular weight excluding hydrogens is 540 g/mol. The zero-order valence-corrected chi connectivity index (χ0v) is 22.6. The summed E-state index contributed by atoms with van der Waals surface area (Å²) in [6.45, 7) is 3.97. The lowest BCUT2D eigenvalue weighted by Crippen LogP contribution is -2.30. The van der Waals surface area contributed by atoms with Crippen LogP contribution >= 0.6 is 22.9 Å². The Hall–Kier alpha value is -4.34. The van der Waals surface area contributed by atoms with Crippen molar-refractivity contribution in [2.24, 2.45) is 0 Å². The normalized spacial score (nSPS) is 15.6. The number of fused-ring (bicyclic) bond motifs is 2. The fraction of sp³-hybridized carbons (Fsp3) is 0.138. The quantitative estimate of drug-likeness (QED) is 0.227. The smallest absolute Gasteiger partial charge is 0.296 e. The highest BCUT2D eigenvalue weighted by Crippen LogP contribution is 2.45. The molecule has 10 heteroatoms. The lowest BCUT2D eigenvalue weighted by atomic mass is 9.95. The van der Waals surface area contributed by atoms with Gasteiger partial charge >= 0.3 is 0 Å². The van der Waals surface area contributed by atoms with Gasteiger partial charge in [-0.25, -0.2) is 4.98 Å². The fourth-order valence-electron chi connectivity index (χ4n) is 4.76. The number of hydrogen-bond acceptors (Lipinski definition) is 8. The predicted octanol–water partition coefficient (Wildman–Crippen LogP) is 6.81. The third kappa shape index (κ3) is 4.02. The molecule has 3 aromatic carbocycles. The molecule has 196 valence electrons. The molecule has 2 N–H and O–H groups in total. The number of halogens is 1. The molecule has 1 unspecified atom stereocenters. The number of nitrogens with zero attached hydrogens (tertiary/aromatic N) is 2. The Kier molecular flexibility index (Phi) is 5.85. The number of aromatic hydroxyl groups is 1. The zero-order valence-electron chi connectivity index (χ0n) is 21.0. The maximum Gasteiger partial charge on any atom is 0.296 e. The molecular formula is C29H21ClN2O6S.